The first-order valence-electron chi connectivity index (χ1n) is 7.74. The van der Waals surface area contributed by atoms with Gasteiger partial charge >= 0.3 is 0 Å². The van der Waals surface area contributed by atoms with Crippen molar-refractivity contribution in [2.24, 2.45) is 0 Å². The maximum atomic E-state index is 12.4. The monoisotopic (exact) mass is 351 g/mol. The number of carbonyl (C=O) groups is 1. The predicted octanol–water partition coefficient (Wildman–Crippen LogP) is 3.61. The molecule has 4 rings (SSSR count). The highest BCUT2D eigenvalue weighted by Gasteiger charge is 2.13. The van der Waals surface area contributed by atoms with Crippen LogP contribution in [0, 0.1) is 0 Å². The van der Waals surface area contributed by atoms with Crippen molar-refractivity contribution in [3.63, 3.8) is 0 Å². The summed E-state index contributed by atoms with van der Waals surface area (Å²) in [4.78, 5) is 24.7. The van der Waals surface area contributed by atoms with E-state index in [1.165, 1.54) is 6.07 Å². The fraction of sp³-hybridized carbons (Fsp3) is 0.111. The van der Waals surface area contributed by atoms with Gasteiger partial charge < -0.3 is 9.73 Å². The first-order valence-corrected chi connectivity index (χ1v) is 8.47. The van der Waals surface area contributed by atoms with Crippen molar-refractivity contribution < 1.29 is 9.21 Å². The second kappa shape index (κ2) is 6.10. The SMILES string of the molecule is CCc1ccc2oc(C(=O)Nc3ccc4nsnc4c3)cc(=O)c2c1. The average molecular weight is 351 g/mol. The molecular weight excluding hydrogens is 338 g/mol. The molecule has 1 N–H and O–H groups in total. The number of nitrogens with one attached hydrogen (secondary N) is 1. The summed E-state index contributed by atoms with van der Waals surface area (Å²) in [5, 5.41) is 3.20. The molecule has 0 fully saturated rings. The van der Waals surface area contributed by atoms with Gasteiger partial charge in [0, 0.05) is 11.8 Å². The lowest BCUT2D eigenvalue weighted by Crippen LogP contribution is -2.15. The van der Waals surface area contributed by atoms with Crippen LogP contribution in [0.1, 0.15) is 23.0 Å². The number of rotatable bonds is 3. The molecule has 6 nitrogen and oxygen atoms in total. The van der Waals surface area contributed by atoms with E-state index in [0.717, 1.165) is 29.2 Å². The van der Waals surface area contributed by atoms with Crippen LogP contribution in [0.15, 0.2) is 51.7 Å². The van der Waals surface area contributed by atoms with Crippen LogP contribution in [-0.4, -0.2) is 14.7 Å². The zero-order valence-electron chi connectivity index (χ0n) is 13.3. The van der Waals surface area contributed by atoms with Crippen LogP contribution < -0.4 is 10.7 Å². The van der Waals surface area contributed by atoms with Gasteiger partial charge in [0.25, 0.3) is 5.91 Å². The van der Waals surface area contributed by atoms with Crippen LogP contribution in [0.25, 0.3) is 22.0 Å². The number of amides is 1. The number of benzene rings is 2. The predicted molar refractivity (Wildman–Crippen MR) is 97.2 cm³/mol. The molecule has 0 aliphatic carbocycles. The number of aryl methyl sites for hydroxylation is 1. The Bertz CT molecular complexity index is 1160. The summed E-state index contributed by atoms with van der Waals surface area (Å²) in [7, 11) is 0. The lowest BCUT2D eigenvalue weighted by Gasteiger charge is -2.06. The number of hydrogen-bond donors (Lipinski definition) is 1. The van der Waals surface area contributed by atoms with E-state index in [1.54, 1.807) is 30.3 Å². The number of carbonyl (C=O) groups excluding carboxylic acids is 1. The zero-order chi connectivity index (χ0) is 17.4. The average Bonchev–Trinajstić information content (AvgIpc) is 3.09. The van der Waals surface area contributed by atoms with Gasteiger partial charge in [0.1, 0.15) is 16.6 Å². The van der Waals surface area contributed by atoms with Gasteiger partial charge in [-0.15, -0.1) is 0 Å². The number of anilines is 1. The first kappa shape index (κ1) is 15.5. The summed E-state index contributed by atoms with van der Waals surface area (Å²) in [6.45, 7) is 2.01. The third-order valence-corrected chi connectivity index (χ3v) is 4.49. The molecule has 0 aliphatic rings. The van der Waals surface area contributed by atoms with Gasteiger partial charge in [-0.25, -0.2) is 0 Å². The van der Waals surface area contributed by atoms with Crippen LogP contribution in [0.5, 0.6) is 0 Å². The van der Waals surface area contributed by atoms with Crippen LogP contribution in [-0.2, 0) is 6.42 Å². The van der Waals surface area contributed by atoms with Crippen molar-refractivity contribution in [1.82, 2.24) is 8.75 Å². The fourth-order valence-electron chi connectivity index (χ4n) is 2.59. The molecule has 0 spiro atoms. The van der Waals surface area contributed by atoms with Gasteiger partial charge in [0.15, 0.2) is 11.2 Å². The first-order chi connectivity index (χ1) is 12.1. The van der Waals surface area contributed by atoms with Crippen LogP contribution in [0.3, 0.4) is 0 Å². The van der Waals surface area contributed by atoms with Gasteiger partial charge in [-0.1, -0.05) is 13.0 Å². The molecule has 2 aromatic carbocycles. The highest BCUT2D eigenvalue weighted by molar-refractivity contribution is 7.00. The van der Waals surface area contributed by atoms with E-state index in [0.29, 0.717) is 22.2 Å². The molecule has 7 heteroatoms. The maximum absolute atomic E-state index is 12.4. The van der Waals surface area contributed by atoms with E-state index in [2.05, 4.69) is 14.1 Å². The smallest absolute Gasteiger partial charge is 0.291 e. The van der Waals surface area contributed by atoms with E-state index >= 15 is 0 Å². The minimum Gasteiger partial charge on any atom is -0.451 e. The van der Waals surface area contributed by atoms with Gasteiger partial charge in [0.05, 0.1) is 17.1 Å². The minimum atomic E-state index is -0.485. The fourth-order valence-corrected chi connectivity index (χ4v) is 3.11. The summed E-state index contributed by atoms with van der Waals surface area (Å²) in [5.74, 6) is -0.514. The quantitative estimate of drug-likeness (QED) is 0.609. The van der Waals surface area contributed by atoms with Gasteiger partial charge in [-0.3, -0.25) is 9.59 Å². The van der Waals surface area contributed by atoms with Gasteiger partial charge in [-0.05, 0) is 42.3 Å². The Morgan fingerprint density at radius 1 is 1.12 bits per heavy atom. The van der Waals surface area contributed by atoms with Crippen LogP contribution in [0.4, 0.5) is 5.69 Å². The molecule has 25 heavy (non-hydrogen) atoms. The number of nitrogens with zero attached hydrogens (tertiary/aromatic N) is 2. The Kier molecular flexibility index (Phi) is 3.77. The summed E-state index contributed by atoms with van der Waals surface area (Å²) < 4.78 is 13.9. The standard InChI is InChI=1S/C18H13N3O3S/c1-2-10-3-6-16-12(7-10)15(22)9-17(24-16)18(23)19-11-4-5-13-14(8-11)21-25-20-13/h3-9H,2H2,1H3,(H,19,23). The normalized spacial score (nSPS) is 11.1. The van der Waals surface area contributed by atoms with Crippen molar-refractivity contribution in [2.45, 2.75) is 13.3 Å². The molecule has 0 radical (unpaired) electrons. The van der Waals surface area contributed by atoms with Crippen molar-refractivity contribution in [3.05, 3.63) is 64.0 Å². The molecule has 4 aromatic rings. The lowest BCUT2D eigenvalue weighted by molar-refractivity contribution is 0.0997. The summed E-state index contributed by atoms with van der Waals surface area (Å²) in [5.41, 5.74) is 3.24. The third-order valence-electron chi connectivity index (χ3n) is 3.94. The Morgan fingerprint density at radius 3 is 2.80 bits per heavy atom. The number of fused-ring (bicyclic) bond motifs is 2. The summed E-state index contributed by atoms with van der Waals surface area (Å²) in [6, 6.07) is 11.9. The van der Waals surface area contributed by atoms with Crippen LogP contribution >= 0.6 is 11.7 Å². The second-order valence-corrected chi connectivity index (χ2v) is 6.11. The zero-order valence-corrected chi connectivity index (χ0v) is 14.1. The summed E-state index contributed by atoms with van der Waals surface area (Å²) >= 11 is 1.11. The molecule has 2 aromatic heterocycles. The van der Waals surface area contributed by atoms with Crippen molar-refractivity contribution >= 4 is 45.3 Å². The number of aromatic nitrogens is 2. The van der Waals surface area contributed by atoms with Crippen molar-refractivity contribution in [1.29, 1.82) is 0 Å². The third kappa shape index (κ3) is 2.89. The molecule has 2 heterocycles. The Hall–Kier alpha value is -3.06. The molecular formula is C18H13N3O3S. The van der Waals surface area contributed by atoms with Crippen molar-refractivity contribution in [3.8, 4) is 0 Å². The highest BCUT2D eigenvalue weighted by atomic mass is 32.1. The highest BCUT2D eigenvalue weighted by Crippen LogP contribution is 2.19. The van der Waals surface area contributed by atoms with E-state index in [9.17, 15) is 9.59 Å². The Labute approximate surface area is 146 Å². The van der Waals surface area contributed by atoms with Crippen molar-refractivity contribution in [2.75, 3.05) is 5.32 Å². The minimum absolute atomic E-state index is 0.0294. The largest absolute Gasteiger partial charge is 0.451 e. The molecule has 1 amide bonds. The van der Waals surface area contributed by atoms with E-state index in [4.69, 9.17) is 4.42 Å². The topological polar surface area (TPSA) is 85.1 Å². The van der Waals surface area contributed by atoms with E-state index < -0.39 is 5.91 Å². The summed E-state index contributed by atoms with van der Waals surface area (Å²) in [6.07, 6.45) is 0.825. The lowest BCUT2D eigenvalue weighted by atomic mass is 10.1. The second-order valence-electron chi connectivity index (χ2n) is 5.58. The van der Waals surface area contributed by atoms with Crippen LogP contribution in [0.2, 0.25) is 0 Å². The van der Waals surface area contributed by atoms with E-state index in [-0.39, 0.29) is 11.2 Å². The maximum Gasteiger partial charge on any atom is 0.291 e. The van der Waals surface area contributed by atoms with Gasteiger partial charge in [-0.2, -0.15) is 8.75 Å². The molecule has 124 valence electrons. The number of hydrogen-bond acceptors (Lipinski definition) is 6. The molecule has 0 saturated carbocycles. The Balaban J connectivity index is 1.68. The molecule has 0 aliphatic heterocycles. The molecule has 0 saturated heterocycles. The molecule has 0 unspecified atom stereocenters. The van der Waals surface area contributed by atoms with Gasteiger partial charge in [0.2, 0.25) is 0 Å². The Morgan fingerprint density at radius 2 is 1.96 bits per heavy atom. The molecule has 0 atom stereocenters. The molecule has 0 bridgehead atoms. The van der Waals surface area contributed by atoms with E-state index in [1.807, 2.05) is 13.0 Å².